The molecule has 3 heterocycles. The SMILES string of the molecule is Cc1ccn2nc(C(F)F)nc2c1-c1cc(C)c2[nH]ncc2c1. The molecular formula is C16H13F2N5. The van der Waals surface area contributed by atoms with E-state index >= 15 is 0 Å². The fraction of sp³-hybridized carbons (Fsp3) is 0.188. The minimum Gasteiger partial charge on any atom is -0.278 e. The quantitative estimate of drug-likeness (QED) is 0.612. The molecule has 1 N–H and O–H groups in total. The number of fused-ring (bicyclic) bond motifs is 2. The molecule has 3 aromatic heterocycles. The number of aryl methyl sites for hydroxylation is 2. The largest absolute Gasteiger partial charge is 0.299 e. The zero-order valence-electron chi connectivity index (χ0n) is 12.5. The first-order valence-electron chi connectivity index (χ1n) is 7.12. The maximum absolute atomic E-state index is 12.9. The van der Waals surface area contributed by atoms with Crippen molar-refractivity contribution in [2.45, 2.75) is 20.3 Å². The molecule has 0 spiro atoms. The highest BCUT2D eigenvalue weighted by molar-refractivity contribution is 5.90. The maximum Gasteiger partial charge on any atom is 0.299 e. The Bertz CT molecular complexity index is 1030. The number of hydrogen-bond acceptors (Lipinski definition) is 3. The van der Waals surface area contributed by atoms with Crippen molar-refractivity contribution in [3.63, 3.8) is 0 Å². The summed E-state index contributed by atoms with van der Waals surface area (Å²) in [4.78, 5) is 4.03. The highest BCUT2D eigenvalue weighted by atomic mass is 19.3. The van der Waals surface area contributed by atoms with E-state index in [1.54, 1.807) is 12.4 Å². The number of alkyl halides is 2. The zero-order valence-corrected chi connectivity index (χ0v) is 12.5. The number of aromatic amines is 1. The summed E-state index contributed by atoms with van der Waals surface area (Å²) in [7, 11) is 0. The smallest absolute Gasteiger partial charge is 0.278 e. The van der Waals surface area contributed by atoms with E-state index in [1.165, 1.54) is 4.52 Å². The summed E-state index contributed by atoms with van der Waals surface area (Å²) in [6.45, 7) is 3.91. The Kier molecular flexibility index (Phi) is 2.90. The average molecular weight is 313 g/mol. The highest BCUT2D eigenvalue weighted by Crippen LogP contribution is 2.32. The van der Waals surface area contributed by atoms with Crippen LogP contribution in [-0.4, -0.2) is 24.8 Å². The van der Waals surface area contributed by atoms with Crippen molar-refractivity contribution in [1.29, 1.82) is 0 Å². The van der Waals surface area contributed by atoms with Crippen LogP contribution in [-0.2, 0) is 0 Å². The Morgan fingerprint density at radius 1 is 1.17 bits per heavy atom. The lowest BCUT2D eigenvalue weighted by atomic mass is 9.98. The monoisotopic (exact) mass is 313 g/mol. The summed E-state index contributed by atoms with van der Waals surface area (Å²) >= 11 is 0. The molecule has 5 nitrogen and oxygen atoms in total. The fourth-order valence-corrected chi connectivity index (χ4v) is 2.89. The van der Waals surface area contributed by atoms with Crippen LogP contribution in [0.2, 0.25) is 0 Å². The van der Waals surface area contributed by atoms with Crippen LogP contribution in [0.15, 0.2) is 30.6 Å². The fourth-order valence-electron chi connectivity index (χ4n) is 2.89. The number of aromatic nitrogens is 5. The predicted octanol–water partition coefficient (Wildman–Crippen LogP) is 3.83. The number of rotatable bonds is 2. The Labute approximate surface area is 130 Å². The molecule has 0 aliphatic rings. The molecule has 4 rings (SSSR count). The van der Waals surface area contributed by atoms with Gasteiger partial charge in [-0.3, -0.25) is 5.10 Å². The van der Waals surface area contributed by atoms with Crippen molar-refractivity contribution in [3.05, 3.63) is 47.5 Å². The molecule has 116 valence electrons. The third-order valence-corrected chi connectivity index (χ3v) is 3.96. The Morgan fingerprint density at radius 3 is 2.78 bits per heavy atom. The third kappa shape index (κ3) is 2.08. The maximum atomic E-state index is 12.9. The summed E-state index contributed by atoms with van der Waals surface area (Å²) in [5.74, 6) is -0.460. The van der Waals surface area contributed by atoms with Crippen LogP contribution >= 0.6 is 0 Å². The van der Waals surface area contributed by atoms with E-state index in [-0.39, 0.29) is 0 Å². The number of H-pyrrole nitrogens is 1. The molecule has 0 amide bonds. The van der Waals surface area contributed by atoms with E-state index in [9.17, 15) is 8.78 Å². The Morgan fingerprint density at radius 2 is 2.00 bits per heavy atom. The van der Waals surface area contributed by atoms with Crippen molar-refractivity contribution in [3.8, 4) is 11.1 Å². The number of hydrogen-bond donors (Lipinski definition) is 1. The van der Waals surface area contributed by atoms with E-state index in [0.29, 0.717) is 5.65 Å². The van der Waals surface area contributed by atoms with Crippen molar-refractivity contribution in [2.24, 2.45) is 0 Å². The van der Waals surface area contributed by atoms with Gasteiger partial charge in [-0.15, -0.1) is 5.10 Å². The van der Waals surface area contributed by atoms with Gasteiger partial charge >= 0.3 is 0 Å². The lowest BCUT2D eigenvalue weighted by Gasteiger charge is -2.09. The Hall–Kier alpha value is -2.83. The van der Waals surface area contributed by atoms with Gasteiger partial charge in [0.15, 0.2) is 5.65 Å². The normalized spacial score (nSPS) is 11.9. The van der Waals surface area contributed by atoms with Gasteiger partial charge in [-0.2, -0.15) is 5.10 Å². The van der Waals surface area contributed by atoms with Crippen LogP contribution in [0, 0.1) is 13.8 Å². The molecule has 0 atom stereocenters. The number of nitrogens with one attached hydrogen (secondary N) is 1. The van der Waals surface area contributed by atoms with Crippen LogP contribution in [0.4, 0.5) is 8.78 Å². The molecule has 23 heavy (non-hydrogen) atoms. The van der Waals surface area contributed by atoms with Crippen LogP contribution < -0.4 is 0 Å². The molecule has 1 aromatic carbocycles. The number of nitrogens with zero attached hydrogens (tertiary/aromatic N) is 4. The van der Waals surface area contributed by atoms with Crippen LogP contribution in [0.25, 0.3) is 27.7 Å². The predicted molar refractivity (Wildman–Crippen MR) is 82.5 cm³/mol. The van der Waals surface area contributed by atoms with Crippen molar-refractivity contribution < 1.29 is 8.78 Å². The van der Waals surface area contributed by atoms with Crippen LogP contribution in [0.5, 0.6) is 0 Å². The number of benzene rings is 1. The van der Waals surface area contributed by atoms with Gasteiger partial charge in [-0.05, 0) is 48.7 Å². The third-order valence-electron chi connectivity index (χ3n) is 3.96. The van der Waals surface area contributed by atoms with E-state index in [2.05, 4.69) is 20.3 Å². The summed E-state index contributed by atoms with van der Waals surface area (Å²) in [6, 6.07) is 5.83. The molecule has 7 heteroatoms. The van der Waals surface area contributed by atoms with E-state index in [1.807, 2.05) is 32.0 Å². The average Bonchev–Trinajstić information content (AvgIpc) is 3.13. The second-order valence-corrected chi connectivity index (χ2v) is 5.54. The molecule has 4 aromatic rings. The number of halogens is 2. The topological polar surface area (TPSA) is 58.9 Å². The summed E-state index contributed by atoms with van der Waals surface area (Å²) in [5, 5.41) is 11.8. The lowest BCUT2D eigenvalue weighted by molar-refractivity contribution is 0.140. The van der Waals surface area contributed by atoms with Gasteiger partial charge in [-0.25, -0.2) is 18.3 Å². The summed E-state index contributed by atoms with van der Waals surface area (Å²) in [6.07, 6.45) is 0.701. The summed E-state index contributed by atoms with van der Waals surface area (Å²) in [5.41, 5.74) is 5.10. The van der Waals surface area contributed by atoms with Crippen molar-refractivity contribution in [2.75, 3.05) is 0 Å². The number of pyridine rings is 1. The van der Waals surface area contributed by atoms with Crippen LogP contribution in [0.1, 0.15) is 23.4 Å². The van der Waals surface area contributed by atoms with Crippen molar-refractivity contribution in [1.82, 2.24) is 24.8 Å². The molecule has 0 unspecified atom stereocenters. The van der Waals surface area contributed by atoms with Gasteiger partial charge in [-0.1, -0.05) is 0 Å². The Balaban J connectivity index is 2.04. The van der Waals surface area contributed by atoms with Gasteiger partial charge in [0, 0.05) is 17.1 Å². The van der Waals surface area contributed by atoms with Gasteiger partial charge in [0.25, 0.3) is 6.43 Å². The molecule has 0 fully saturated rings. The minimum atomic E-state index is -2.69. The molecule has 0 aliphatic carbocycles. The highest BCUT2D eigenvalue weighted by Gasteiger charge is 2.18. The van der Waals surface area contributed by atoms with Gasteiger partial charge in [0.2, 0.25) is 5.82 Å². The zero-order chi connectivity index (χ0) is 16.1. The van der Waals surface area contributed by atoms with E-state index in [4.69, 9.17) is 0 Å². The molecule has 0 bridgehead atoms. The van der Waals surface area contributed by atoms with Gasteiger partial charge in [0.05, 0.1) is 11.7 Å². The van der Waals surface area contributed by atoms with Gasteiger partial charge < -0.3 is 0 Å². The molecular weight excluding hydrogens is 300 g/mol. The lowest BCUT2D eigenvalue weighted by Crippen LogP contribution is -1.94. The molecule has 0 saturated carbocycles. The van der Waals surface area contributed by atoms with E-state index < -0.39 is 12.2 Å². The standard InChI is InChI=1S/C16H13F2N5/c1-8-3-4-23-16(20-15(22-23)14(17)18)12(8)10-5-9(2)13-11(6-10)7-19-21-13/h3-7,14H,1-2H3,(H,19,21). The van der Waals surface area contributed by atoms with E-state index in [0.717, 1.165) is 33.2 Å². The van der Waals surface area contributed by atoms with Gasteiger partial charge in [0.1, 0.15) is 0 Å². The second-order valence-electron chi connectivity index (χ2n) is 5.54. The first-order chi connectivity index (χ1) is 11.0. The molecule has 0 aliphatic heterocycles. The molecule has 0 radical (unpaired) electrons. The second kappa shape index (κ2) is 4.84. The summed E-state index contributed by atoms with van der Waals surface area (Å²) < 4.78 is 27.2. The minimum absolute atomic E-state index is 0.433. The molecule has 0 saturated heterocycles. The first-order valence-corrected chi connectivity index (χ1v) is 7.12. The van der Waals surface area contributed by atoms with Crippen LogP contribution in [0.3, 0.4) is 0 Å². The first kappa shape index (κ1) is 13.8. The van der Waals surface area contributed by atoms with Crippen molar-refractivity contribution >= 4 is 16.6 Å².